The van der Waals surface area contributed by atoms with E-state index in [4.69, 9.17) is 0 Å². The van der Waals surface area contributed by atoms with Crippen LogP contribution in [0, 0.1) is 0 Å². The maximum absolute atomic E-state index is 3.72. The van der Waals surface area contributed by atoms with Crippen LogP contribution in [0.4, 0.5) is 0 Å². The molecular formula is C5H4N4S. The predicted octanol–water partition coefficient (Wildman–Crippen LogP) is 0.724. The molecule has 0 saturated carbocycles. The first-order valence-electron chi connectivity index (χ1n) is 2.72. The van der Waals surface area contributed by atoms with E-state index in [-0.39, 0.29) is 0 Å². The zero-order valence-corrected chi connectivity index (χ0v) is 5.82. The molecule has 0 atom stereocenters. The number of nitrogens with zero attached hydrogens (tertiary/aromatic N) is 4. The smallest absolute Gasteiger partial charge is 0.143 e. The summed E-state index contributed by atoms with van der Waals surface area (Å²) in [5.41, 5.74) is 1.01. The molecule has 0 radical (unpaired) electrons. The van der Waals surface area contributed by atoms with Crippen molar-refractivity contribution in [1.29, 1.82) is 0 Å². The van der Waals surface area contributed by atoms with Crippen LogP contribution in [0.2, 0.25) is 0 Å². The number of aromatic nitrogens is 4. The average Bonchev–Trinajstić information content (AvgIpc) is 2.59. The van der Waals surface area contributed by atoms with Gasteiger partial charge in [-0.1, -0.05) is 0 Å². The first-order valence-corrected chi connectivity index (χ1v) is 3.66. The Balaban J connectivity index is 2.48. The van der Waals surface area contributed by atoms with Gasteiger partial charge in [-0.2, -0.15) is 16.0 Å². The van der Waals surface area contributed by atoms with Gasteiger partial charge in [0.05, 0.1) is 5.69 Å². The van der Waals surface area contributed by atoms with Gasteiger partial charge in [-0.3, -0.25) is 0 Å². The highest BCUT2D eigenvalue weighted by molar-refractivity contribution is 7.08. The van der Waals surface area contributed by atoms with Crippen LogP contribution in [0.5, 0.6) is 0 Å². The minimum Gasteiger partial charge on any atom is -0.200 e. The second kappa shape index (κ2) is 2.18. The van der Waals surface area contributed by atoms with Gasteiger partial charge in [0.2, 0.25) is 0 Å². The Bertz CT molecular complexity index is 253. The molecule has 50 valence electrons. The molecule has 0 spiro atoms. The van der Waals surface area contributed by atoms with Crippen LogP contribution in [0.1, 0.15) is 0 Å². The average molecular weight is 152 g/mol. The fraction of sp³-hybridized carbons (Fsp3) is 0. The summed E-state index contributed by atoms with van der Waals surface area (Å²) in [5, 5.41) is 14.7. The molecule has 0 bridgehead atoms. The lowest BCUT2D eigenvalue weighted by Gasteiger charge is -1.88. The van der Waals surface area contributed by atoms with Crippen LogP contribution < -0.4 is 0 Å². The number of rotatable bonds is 1. The van der Waals surface area contributed by atoms with Crippen molar-refractivity contribution >= 4 is 11.3 Å². The zero-order chi connectivity index (χ0) is 6.81. The summed E-state index contributed by atoms with van der Waals surface area (Å²) in [6.45, 7) is 0. The summed E-state index contributed by atoms with van der Waals surface area (Å²) in [6, 6.07) is 1.96. The summed E-state index contributed by atoms with van der Waals surface area (Å²) < 4.78 is 1.62. The quantitative estimate of drug-likeness (QED) is 0.604. The third kappa shape index (κ3) is 0.801. The van der Waals surface area contributed by atoms with E-state index in [1.807, 2.05) is 16.8 Å². The van der Waals surface area contributed by atoms with E-state index in [9.17, 15) is 0 Å². The Kier molecular flexibility index (Phi) is 1.21. The van der Waals surface area contributed by atoms with Crippen molar-refractivity contribution in [1.82, 2.24) is 20.2 Å². The first kappa shape index (κ1) is 5.55. The fourth-order valence-electron chi connectivity index (χ4n) is 0.667. The van der Waals surface area contributed by atoms with Crippen LogP contribution in [-0.4, -0.2) is 20.2 Å². The molecule has 0 aliphatic rings. The molecule has 2 aromatic heterocycles. The standard InChI is InChI=1S/C5H4N4S/c1-2-10-3-5(1)9-4-6-7-8-9/h1-4H. The van der Waals surface area contributed by atoms with E-state index < -0.39 is 0 Å². The topological polar surface area (TPSA) is 43.6 Å². The molecule has 0 N–H and O–H groups in total. The molecule has 2 rings (SSSR count). The Morgan fingerprint density at radius 2 is 2.50 bits per heavy atom. The van der Waals surface area contributed by atoms with E-state index >= 15 is 0 Å². The van der Waals surface area contributed by atoms with Crippen molar-refractivity contribution in [3.05, 3.63) is 23.2 Å². The second-order valence-corrected chi connectivity index (χ2v) is 2.52. The van der Waals surface area contributed by atoms with Crippen LogP contribution in [-0.2, 0) is 0 Å². The van der Waals surface area contributed by atoms with Crippen LogP contribution in [0.15, 0.2) is 23.2 Å². The Morgan fingerprint density at radius 1 is 1.50 bits per heavy atom. The van der Waals surface area contributed by atoms with Crippen molar-refractivity contribution in [3.63, 3.8) is 0 Å². The first-order chi connectivity index (χ1) is 4.97. The Morgan fingerprint density at radius 3 is 3.10 bits per heavy atom. The molecule has 0 aliphatic carbocycles. The zero-order valence-electron chi connectivity index (χ0n) is 5.01. The van der Waals surface area contributed by atoms with Gasteiger partial charge in [0.1, 0.15) is 6.33 Å². The lowest BCUT2D eigenvalue weighted by molar-refractivity contribution is 0.791. The summed E-state index contributed by atoms with van der Waals surface area (Å²) >= 11 is 1.62. The lowest BCUT2D eigenvalue weighted by atomic mass is 10.5. The second-order valence-electron chi connectivity index (χ2n) is 1.74. The van der Waals surface area contributed by atoms with E-state index in [1.165, 1.54) is 0 Å². The van der Waals surface area contributed by atoms with Crippen molar-refractivity contribution in [2.75, 3.05) is 0 Å². The van der Waals surface area contributed by atoms with Crippen LogP contribution >= 0.6 is 11.3 Å². The maximum Gasteiger partial charge on any atom is 0.143 e. The van der Waals surface area contributed by atoms with Crippen molar-refractivity contribution in [2.24, 2.45) is 0 Å². The fourth-order valence-corrected chi connectivity index (χ4v) is 1.29. The highest BCUT2D eigenvalue weighted by Gasteiger charge is 1.94. The molecule has 0 aliphatic heterocycles. The number of hydrogen-bond donors (Lipinski definition) is 0. The van der Waals surface area contributed by atoms with E-state index in [0.717, 1.165) is 5.69 Å². The summed E-state index contributed by atoms with van der Waals surface area (Å²) in [5.74, 6) is 0. The van der Waals surface area contributed by atoms with E-state index in [1.54, 1.807) is 22.3 Å². The molecule has 0 aromatic carbocycles. The van der Waals surface area contributed by atoms with Gasteiger partial charge in [-0.05, 0) is 21.9 Å². The van der Waals surface area contributed by atoms with Crippen molar-refractivity contribution < 1.29 is 0 Å². The highest BCUT2D eigenvalue weighted by Crippen LogP contribution is 2.08. The Labute approximate surface area is 61.1 Å². The largest absolute Gasteiger partial charge is 0.200 e. The molecule has 10 heavy (non-hydrogen) atoms. The molecule has 5 heteroatoms. The summed E-state index contributed by atoms with van der Waals surface area (Å²) in [6.07, 6.45) is 1.57. The number of thiophene rings is 1. The minimum absolute atomic E-state index is 1.01. The molecule has 0 unspecified atom stereocenters. The van der Waals surface area contributed by atoms with Crippen molar-refractivity contribution in [3.8, 4) is 5.69 Å². The van der Waals surface area contributed by atoms with Gasteiger partial charge in [-0.15, -0.1) is 5.10 Å². The van der Waals surface area contributed by atoms with Gasteiger partial charge in [0, 0.05) is 5.38 Å². The predicted molar refractivity (Wildman–Crippen MR) is 37.0 cm³/mol. The molecular weight excluding hydrogens is 148 g/mol. The van der Waals surface area contributed by atoms with Gasteiger partial charge < -0.3 is 0 Å². The van der Waals surface area contributed by atoms with Crippen LogP contribution in [0.25, 0.3) is 5.69 Å². The monoisotopic (exact) mass is 152 g/mol. The van der Waals surface area contributed by atoms with Gasteiger partial charge in [-0.25, -0.2) is 0 Å². The Hall–Kier alpha value is -1.23. The summed E-state index contributed by atoms with van der Waals surface area (Å²) in [4.78, 5) is 0. The third-order valence-corrected chi connectivity index (χ3v) is 1.79. The van der Waals surface area contributed by atoms with E-state index in [0.29, 0.717) is 0 Å². The van der Waals surface area contributed by atoms with Gasteiger partial charge in [0.15, 0.2) is 0 Å². The minimum atomic E-state index is 1.01. The number of tetrazole rings is 1. The normalized spacial score (nSPS) is 10.0. The van der Waals surface area contributed by atoms with Crippen LogP contribution in [0.3, 0.4) is 0 Å². The lowest BCUT2D eigenvalue weighted by Crippen LogP contribution is -1.91. The molecule has 0 amide bonds. The van der Waals surface area contributed by atoms with Crippen molar-refractivity contribution in [2.45, 2.75) is 0 Å². The molecule has 2 aromatic rings. The summed E-state index contributed by atoms with van der Waals surface area (Å²) in [7, 11) is 0. The molecule has 0 fully saturated rings. The maximum atomic E-state index is 3.72. The highest BCUT2D eigenvalue weighted by atomic mass is 32.1. The van der Waals surface area contributed by atoms with Gasteiger partial charge in [0.25, 0.3) is 0 Å². The third-order valence-electron chi connectivity index (χ3n) is 1.12. The SMILES string of the molecule is c1cc(-n2cnnn2)cs1. The molecule has 0 saturated heterocycles. The number of hydrogen-bond acceptors (Lipinski definition) is 4. The molecule has 2 heterocycles. The van der Waals surface area contributed by atoms with Gasteiger partial charge >= 0.3 is 0 Å². The van der Waals surface area contributed by atoms with E-state index in [2.05, 4.69) is 15.5 Å². The molecule has 4 nitrogen and oxygen atoms in total.